The molecular formula is C21H25N5O7. The van der Waals surface area contributed by atoms with Gasteiger partial charge in [-0.1, -0.05) is 26.7 Å². The molecule has 0 saturated heterocycles. The molecule has 2 aliphatic heterocycles. The molecule has 0 unspecified atom stereocenters. The average molecular weight is 459 g/mol. The summed E-state index contributed by atoms with van der Waals surface area (Å²) in [7, 11) is 0. The zero-order valence-electron chi connectivity index (χ0n) is 18.4. The zero-order chi connectivity index (χ0) is 24.8. The molecule has 12 nitrogen and oxygen atoms in total. The van der Waals surface area contributed by atoms with Gasteiger partial charge in [0.05, 0.1) is 5.56 Å². The Kier molecular flexibility index (Phi) is 7.95. The highest BCUT2D eigenvalue weighted by atomic mass is 16.4. The van der Waals surface area contributed by atoms with E-state index in [1.165, 1.54) is 12.4 Å². The van der Waals surface area contributed by atoms with E-state index in [1.807, 2.05) is 0 Å². The molecule has 2 aliphatic rings. The number of aromatic nitrogens is 3. The molecule has 2 heterocycles. The topological polar surface area (TPSA) is 184 Å². The maximum Gasteiger partial charge on any atom is 0.326 e. The fourth-order valence-electron chi connectivity index (χ4n) is 2.53. The standard InChI is InChI=1S/C21H25N5O7/c1-21(2,3)20(33)25-14-10-12-17(24-14)22-11-26(18(12)30)9-5-4-6-15(27)23-13(19(31)32)7-8-16(28)29/h10-11,13,30H,4,6-8H2,1-3H3,(H,23,27)(H,25,33)(H,28,29)(H,31,32)/t13-/m0/s1. The summed E-state index contributed by atoms with van der Waals surface area (Å²) in [4.78, 5) is 54.0. The quantitative estimate of drug-likeness (QED) is 0.361. The predicted molar refractivity (Wildman–Crippen MR) is 115 cm³/mol. The first kappa shape index (κ1) is 25.1. The molecule has 2 amide bonds. The van der Waals surface area contributed by atoms with Gasteiger partial charge in [-0.2, -0.15) is 0 Å². The van der Waals surface area contributed by atoms with Gasteiger partial charge in [-0.25, -0.2) is 19.3 Å². The molecule has 0 spiro atoms. The van der Waals surface area contributed by atoms with Crippen LogP contribution in [0.15, 0.2) is 12.4 Å². The average Bonchev–Trinajstić information content (AvgIpc) is 3.12. The van der Waals surface area contributed by atoms with Crippen LogP contribution in [0.3, 0.4) is 0 Å². The summed E-state index contributed by atoms with van der Waals surface area (Å²) in [6.07, 6.45) is 0.541. The minimum Gasteiger partial charge on any atom is -0.493 e. The number of rotatable bonds is 8. The van der Waals surface area contributed by atoms with Crippen LogP contribution in [0, 0.1) is 17.4 Å². The second kappa shape index (κ2) is 10.4. The molecule has 0 fully saturated rings. The minimum absolute atomic E-state index is 0.0493. The smallest absolute Gasteiger partial charge is 0.326 e. The lowest BCUT2D eigenvalue weighted by molar-refractivity contribution is -0.143. The van der Waals surface area contributed by atoms with E-state index in [2.05, 4.69) is 32.6 Å². The Morgan fingerprint density at radius 2 is 1.88 bits per heavy atom. The number of amides is 2. The van der Waals surface area contributed by atoms with Crippen LogP contribution < -0.4 is 10.6 Å². The van der Waals surface area contributed by atoms with Gasteiger partial charge in [0.25, 0.3) is 0 Å². The maximum atomic E-state index is 12.1. The molecule has 0 aliphatic carbocycles. The number of aromatic hydroxyl groups is 1. The number of nitrogens with zero attached hydrogens (tertiary/aromatic N) is 3. The summed E-state index contributed by atoms with van der Waals surface area (Å²) in [5.41, 5.74) is -0.351. The van der Waals surface area contributed by atoms with Crippen LogP contribution in [-0.2, 0) is 19.2 Å². The zero-order valence-corrected chi connectivity index (χ0v) is 18.4. The van der Waals surface area contributed by atoms with Gasteiger partial charge < -0.3 is 26.0 Å². The second-order valence-electron chi connectivity index (χ2n) is 8.20. The normalized spacial score (nSPS) is 11.8. The number of carbonyl (C=O) groups excluding carboxylic acids is 2. The summed E-state index contributed by atoms with van der Waals surface area (Å²) in [5, 5.41) is 33.0. The highest BCUT2D eigenvalue weighted by Crippen LogP contribution is 2.31. The number of carbonyl (C=O) groups is 4. The van der Waals surface area contributed by atoms with Crippen molar-refractivity contribution in [2.75, 3.05) is 5.32 Å². The van der Waals surface area contributed by atoms with Crippen LogP contribution >= 0.6 is 0 Å². The number of aliphatic carboxylic acids is 2. The number of hydrogen-bond donors (Lipinski definition) is 5. The van der Waals surface area contributed by atoms with Gasteiger partial charge in [-0.05, 0) is 12.5 Å². The number of carboxylic acids is 2. The van der Waals surface area contributed by atoms with Crippen LogP contribution in [0.4, 0.5) is 5.82 Å². The molecule has 0 aromatic carbocycles. The molecule has 0 bridgehead atoms. The van der Waals surface area contributed by atoms with E-state index in [0.717, 1.165) is 4.57 Å². The summed E-state index contributed by atoms with van der Waals surface area (Å²) in [6.45, 7) is 5.26. The van der Waals surface area contributed by atoms with E-state index in [0.29, 0.717) is 0 Å². The largest absolute Gasteiger partial charge is 0.493 e. The number of hydrogen-bond acceptors (Lipinski definition) is 7. The number of anilines is 1. The van der Waals surface area contributed by atoms with Crippen molar-refractivity contribution in [3.8, 4) is 29.2 Å². The van der Waals surface area contributed by atoms with E-state index in [9.17, 15) is 24.3 Å². The van der Waals surface area contributed by atoms with Crippen LogP contribution in [0.1, 0.15) is 46.5 Å². The van der Waals surface area contributed by atoms with Crippen LogP contribution in [0.2, 0.25) is 0 Å². The van der Waals surface area contributed by atoms with E-state index in [-0.39, 0.29) is 54.7 Å². The molecule has 0 aromatic heterocycles. The monoisotopic (exact) mass is 459 g/mol. The van der Waals surface area contributed by atoms with Crippen LogP contribution in [0.25, 0.3) is 11.4 Å². The Labute approximate surface area is 189 Å². The lowest BCUT2D eigenvalue weighted by Gasteiger charge is -2.16. The van der Waals surface area contributed by atoms with Crippen molar-refractivity contribution in [1.29, 1.82) is 0 Å². The lowest BCUT2D eigenvalue weighted by atomic mass is 9.96. The molecule has 12 heteroatoms. The molecule has 0 saturated carbocycles. The molecule has 176 valence electrons. The molecular weight excluding hydrogens is 434 g/mol. The number of fused-ring (bicyclic) bond motifs is 1. The Morgan fingerprint density at radius 1 is 1.18 bits per heavy atom. The van der Waals surface area contributed by atoms with Crippen molar-refractivity contribution < 1.29 is 34.5 Å². The summed E-state index contributed by atoms with van der Waals surface area (Å²) >= 11 is 0. The molecule has 2 rings (SSSR count). The highest BCUT2D eigenvalue weighted by Gasteiger charge is 2.24. The van der Waals surface area contributed by atoms with Crippen molar-refractivity contribution in [3.05, 3.63) is 12.4 Å². The Balaban J connectivity index is 2.01. The first-order valence-corrected chi connectivity index (χ1v) is 10.00. The van der Waals surface area contributed by atoms with E-state index >= 15 is 0 Å². The second-order valence-corrected chi connectivity index (χ2v) is 8.20. The van der Waals surface area contributed by atoms with Crippen molar-refractivity contribution in [1.82, 2.24) is 19.9 Å². The van der Waals surface area contributed by atoms with Gasteiger partial charge in [0.2, 0.25) is 17.7 Å². The van der Waals surface area contributed by atoms with Crippen LogP contribution in [-0.4, -0.2) is 59.6 Å². The highest BCUT2D eigenvalue weighted by molar-refractivity contribution is 5.94. The molecule has 5 N–H and O–H groups in total. The molecule has 0 aromatic rings. The van der Waals surface area contributed by atoms with Gasteiger partial charge in [0.15, 0.2) is 5.82 Å². The van der Waals surface area contributed by atoms with E-state index in [1.54, 1.807) is 20.8 Å². The van der Waals surface area contributed by atoms with Crippen LogP contribution in [0.5, 0.6) is 5.88 Å². The Morgan fingerprint density at radius 3 is 2.48 bits per heavy atom. The maximum absolute atomic E-state index is 12.1. The molecule has 0 radical (unpaired) electrons. The third kappa shape index (κ3) is 7.20. The SMILES string of the molecule is CC(C)(C)C(=O)Nc1cc2c(O)n(C#CCCC(=O)N[C@@H](CCC(=O)O)C(=O)O)cnc-2n1. The third-order valence-corrected chi connectivity index (χ3v) is 4.39. The van der Waals surface area contributed by atoms with Gasteiger partial charge in [-0.3, -0.25) is 14.4 Å². The fourth-order valence-corrected chi connectivity index (χ4v) is 2.53. The third-order valence-electron chi connectivity index (χ3n) is 4.39. The van der Waals surface area contributed by atoms with Crippen molar-refractivity contribution in [3.63, 3.8) is 0 Å². The van der Waals surface area contributed by atoms with Crippen molar-refractivity contribution in [2.24, 2.45) is 5.41 Å². The number of nitrogens with one attached hydrogen (secondary N) is 2. The number of carboxylic acid groups (broad SMARTS) is 2. The summed E-state index contributed by atoms with van der Waals surface area (Å²) < 4.78 is 1.13. The predicted octanol–water partition coefficient (Wildman–Crippen LogP) is 1.10. The molecule has 1 atom stereocenters. The van der Waals surface area contributed by atoms with E-state index < -0.39 is 29.3 Å². The van der Waals surface area contributed by atoms with Gasteiger partial charge in [0, 0.05) is 30.7 Å². The van der Waals surface area contributed by atoms with Gasteiger partial charge >= 0.3 is 11.9 Å². The lowest BCUT2D eigenvalue weighted by Crippen LogP contribution is -2.40. The Hall–Kier alpha value is -4.14. The first-order chi connectivity index (χ1) is 15.4. The van der Waals surface area contributed by atoms with Gasteiger partial charge in [-0.15, -0.1) is 0 Å². The van der Waals surface area contributed by atoms with Crippen molar-refractivity contribution in [2.45, 2.75) is 52.5 Å². The summed E-state index contributed by atoms with van der Waals surface area (Å²) in [6, 6.07) is 2.78. The van der Waals surface area contributed by atoms with E-state index in [4.69, 9.17) is 10.2 Å². The summed E-state index contributed by atoms with van der Waals surface area (Å²) in [5.74, 6) is -0.442. The Bertz CT molecular complexity index is 1090. The first-order valence-electron chi connectivity index (χ1n) is 10.00. The fraction of sp³-hybridized carbons (Fsp3) is 0.429. The van der Waals surface area contributed by atoms with Crippen molar-refractivity contribution >= 4 is 29.6 Å². The van der Waals surface area contributed by atoms with Gasteiger partial charge in [0.1, 0.15) is 18.2 Å². The minimum atomic E-state index is -1.32. The molecule has 33 heavy (non-hydrogen) atoms.